The van der Waals surface area contributed by atoms with Crippen LogP contribution in [-0.4, -0.2) is 23.4 Å². The van der Waals surface area contributed by atoms with E-state index in [2.05, 4.69) is 13.8 Å². The van der Waals surface area contributed by atoms with Gasteiger partial charge in [-0.05, 0) is 38.8 Å². The Kier molecular flexibility index (Phi) is 4.76. The van der Waals surface area contributed by atoms with Crippen molar-refractivity contribution in [1.82, 2.24) is 4.90 Å². The van der Waals surface area contributed by atoms with E-state index in [-0.39, 0.29) is 11.9 Å². The van der Waals surface area contributed by atoms with Gasteiger partial charge in [0.25, 0.3) is 5.91 Å². The number of amides is 1. The quantitative estimate of drug-likeness (QED) is 0.832. The molecular formula is C15H24N2O. The van der Waals surface area contributed by atoms with Gasteiger partial charge in [-0.3, -0.25) is 4.79 Å². The molecule has 3 heteroatoms. The van der Waals surface area contributed by atoms with E-state index >= 15 is 0 Å². The van der Waals surface area contributed by atoms with Gasteiger partial charge in [0.1, 0.15) is 0 Å². The van der Waals surface area contributed by atoms with Crippen LogP contribution < -0.4 is 5.73 Å². The van der Waals surface area contributed by atoms with Crippen molar-refractivity contribution in [1.29, 1.82) is 0 Å². The minimum absolute atomic E-state index is 0.0277. The Hall–Kier alpha value is -1.51. The molecule has 0 radical (unpaired) electrons. The minimum atomic E-state index is 0.0277. The predicted molar refractivity (Wildman–Crippen MR) is 76.6 cm³/mol. The largest absolute Gasteiger partial charge is 0.398 e. The summed E-state index contributed by atoms with van der Waals surface area (Å²) in [6.07, 6.45) is 0. The highest BCUT2D eigenvalue weighted by molar-refractivity contribution is 5.99. The Balaban J connectivity index is 3.05. The Labute approximate surface area is 110 Å². The Bertz CT molecular complexity index is 425. The van der Waals surface area contributed by atoms with Crippen LogP contribution in [0.15, 0.2) is 18.2 Å². The molecule has 0 unspecified atom stereocenters. The number of carbonyl (C=O) groups is 1. The van der Waals surface area contributed by atoms with E-state index in [0.717, 1.165) is 12.1 Å². The molecule has 0 aliphatic heterocycles. The maximum atomic E-state index is 12.5. The van der Waals surface area contributed by atoms with Gasteiger partial charge < -0.3 is 10.6 Å². The Morgan fingerprint density at radius 2 is 1.89 bits per heavy atom. The highest BCUT2D eigenvalue weighted by Crippen LogP contribution is 2.18. The number of benzene rings is 1. The van der Waals surface area contributed by atoms with E-state index < -0.39 is 0 Å². The molecule has 18 heavy (non-hydrogen) atoms. The van der Waals surface area contributed by atoms with Gasteiger partial charge in [0.05, 0.1) is 5.56 Å². The van der Waals surface area contributed by atoms with Crippen LogP contribution in [0.2, 0.25) is 0 Å². The molecule has 0 saturated heterocycles. The lowest BCUT2D eigenvalue weighted by molar-refractivity contribution is 0.0683. The molecule has 0 aliphatic carbocycles. The topological polar surface area (TPSA) is 46.3 Å². The lowest BCUT2D eigenvalue weighted by Crippen LogP contribution is -2.39. The standard InChI is InChI=1S/C15H24N2O/c1-10(2)9-17(11(3)4)15(18)13-8-12(5)6-7-14(13)16/h6-8,10-11H,9,16H2,1-5H3. The van der Waals surface area contributed by atoms with Gasteiger partial charge in [-0.1, -0.05) is 25.5 Å². The van der Waals surface area contributed by atoms with Crippen LogP contribution in [0.4, 0.5) is 5.69 Å². The summed E-state index contributed by atoms with van der Waals surface area (Å²) in [5, 5.41) is 0. The van der Waals surface area contributed by atoms with Crippen LogP contribution in [-0.2, 0) is 0 Å². The zero-order valence-corrected chi connectivity index (χ0v) is 12.0. The highest BCUT2D eigenvalue weighted by atomic mass is 16.2. The number of rotatable bonds is 4. The summed E-state index contributed by atoms with van der Waals surface area (Å²) in [6.45, 7) is 11.0. The first kappa shape index (κ1) is 14.6. The summed E-state index contributed by atoms with van der Waals surface area (Å²) in [5.41, 5.74) is 8.14. The molecule has 0 fully saturated rings. The predicted octanol–water partition coefficient (Wildman–Crippen LogP) is 3.08. The van der Waals surface area contributed by atoms with Gasteiger partial charge >= 0.3 is 0 Å². The average molecular weight is 248 g/mol. The molecule has 0 saturated carbocycles. The lowest BCUT2D eigenvalue weighted by Gasteiger charge is -2.29. The molecule has 1 amide bonds. The highest BCUT2D eigenvalue weighted by Gasteiger charge is 2.21. The van der Waals surface area contributed by atoms with Crippen LogP contribution >= 0.6 is 0 Å². The average Bonchev–Trinajstić information content (AvgIpc) is 2.27. The van der Waals surface area contributed by atoms with E-state index in [9.17, 15) is 4.79 Å². The number of anilines is 1. The summed E-state index contributed by atoms with van der Waals surface area (Å²) in [4.78, 5) is 14.4. The summed E-state index contributed by atoms with van der Waals surface area (Å²) >= 11 is 0. The molecule has 0 heterocycles. The summed E-state index contributed by atoms with van der Waals surface area (Å²) in [6, 6.07) is 5.78. The molecule has 1 aromatic carbocycles. The fourth-order valence-corrected chi connectivity index (χ4v) is 1.93. The van der Waals surface area contributed by atoms with Crippen LogP contribution in [0.3, 0.4) is 0 Å². The second kappa shape index (κ2) is 5.89. The zero-order valence-electron chi connectivity index (χ0n) is 12.0. The molecule has 0 aromatic heterocycles. The first-order valence-electron chi connectivity index (χ1n) is 6.50. The molecule has 3 nitrogen and oxygen atoms in total. The fourth-order valence-electron chi connectivity index (χ4n) is 1.93. The van der Waals surface area contributed by atoms with Gasteiger partial charge in [0.2, 0.25) is 0 Å². The van der Waals surface area contributed by atoms with Crippen LogP contribution in [0.25, 0.3) is 0 Å². The van der Waals surface area contributed by atoms with E-state index in [1.165, 1.54) is 0 Å². The van der Waals surface area contributed by atoms with E-state index in [4.69, 9.17) is 5.73 Å². The number of nitrogens with two attached hydrogens (primary N) is 1. The number of carbonyl (C=O) groups excluding carboxylic acids is 1. The molecule has 2 N–H and O–H groups in total. The molecular weight excluding hydrogens is 224 g/mol. The Morgan fingerprint density at radius 3 is 2.39 bits per heavy atom. The minimum Gasteiger partial charge on any atom is -0.398 e. The molecule has 0 atom stereocenters. The van der Waals surface area contributed by atoms with Crippen molar-refractivity contribution >= 4 is 11.6 Å². The van der Waals surface area contributed by atoms with Gasteiger partial charge in [-0.25, -0.2) is 0 Å². The summed E-state index contributed by atoms with van der Waals surface area (Å²) in [7, 11) is 0. The van der Waals surface area contributed by atoms with Crippen molar-refractivity contribution in [2.24, 2.45) is 5.92 Å². The van der Waals surface area contributed by atoms with E-state index in [1.54, 1.807) is 6.07 Å². The summed E-state index contributed by atoms with van der Waals surface area (Å²) < 4.78 is 0. The number of hydrogen-bond acceptors (Lipinski definition) is 2. The smallest absolute Gasteiger partial charge is 0.256 e. The van der Waals surface area contributed by atoms with Gasteiger partial charge in [-0.2, -0.15) is 0 Å². The number of nitrogen functional groups attached to an aromatic ring is 1. The number of nitrogens with zero attached hydrogens (tertiary/aromatic N) is 1. The maximum Gasteiger partial charge on any atom is 0.256 e. The third-order valence-corrected chi connectivity index (χ3v) is 2.89. The SMILES string of the molecule is Cc1ccc(N)c(C(=O)N(CC(C)C)C(C)C)c1. The molecule has 0 bridgehead atoms. The molecule has 100 valence electrons. The van der Waals surface area contributed by atoms with Crippen molar-refractivity contribution in [2.75, 3.05) is 12.3 Å². The number of aryl methyl sites for hydroxylation is 1. The molecule has 1 aromatic rings. The van der Waals surface area contributed by atoms with Crippen molar-refractivity contribution in [3.8, 4) is 0 Å². The molecule has 0 aliphatic rings. The first-order valence-corrected chi connectivity index (χ1v) is 6.50. The van der Waals surface area contributed by atoms with Crippen LogP contribution in [0.1, 0.15) is 43.6 Å². The maximum absolute atomic E-state index is 12.5. The van der Waals surface area contributed by atoms with Gasteiger partial charge in [0, 0.05) is 18.3 Å². The third kappa shape index (κ3) is 3.49. The van der Waals surface area contributed by atoms with Crippen molar-refractivity contribution < 1.29 is 4.79 Å². The molecule has 1 rings (SSSR count). The first-order chi connectivity index (χ1) is 8.32. The van der Waals surface area contributed by atoms with E-state index in [1.807, 2.05) is 37.8 Å². The summed E-state index contributed by atoms with van der Waals surface area (Å²) in [5.74, 6) is 0.474. The third-order valence-electron chi connectivity index (χ3n) is 2.89. The van der Waals surface area contributed by atoms with Crippen LogP contribution in [0.5, 0.6) is 0 Å². The zero-order chi connectivity index (χ0) is 13.9. The lowest BCUT2D eigenvalue weighted by atomic mass is 10.1. The van der Waals surface area contributed by atoms with Crippen molar-refractivity contribution in [3.63, 3.8) is 0 Å². The van der Waals surface area contributed by atoms with Gasteiger partial charge in [0.15, 0.2) is 0 Å². The van der Waals surface area contributed by atoms with Crippen molar-refractivity contribution in [3.05, 3.63) is 29.3 Å². The van der Waals surface area contributed by atoms with Crippen LogP contribution in [0, 0.1) is 12.8 Å². The normalized spacial score (nSPS) is 11.1. The molecule has 0 spiro atoms. The van der Waals surface area contributed by atoms with E-state index in [0.29, 0.717) is 17.2 Å². The fraction of sp³-hybridized carbons (Fsp3) is 0.533. The second-order valence-corrected chi connectivity index (χ2v) is 5.54. The number of hydrogen-bond donors (Lipinski definition) is 1. The monoisotopic (exact) mass is 248 g/mol. The van der Waals surface area contributed by atoms with Gasteiger partial charge in [-0.15, -0.1) is 0 Å². The van der Waals surface area contributed by atoms with Crippen molar-refractivity contribution in [2.45, 2.75) is 40.7 Å². The Morgan fingerprint density at radius 1 is 1.28 bits per heavy atom. The second-order valence-electron chi connectivity index (χ2n) is 5.54.